The first-order valence-corrected chi connectivity index (χ1v) is 8.54. The summed E-state index contributed by atoms with van der Waals surface area (Å²) in [5.74, 6) is -0.370. The molecule has 2 atom stereocenters. The maximum atomic E-state index is 12.7. The Morgan fingerprint density at radius 2 is 2.00 bits per heavy atom. The number of carbonyl (C=O) groups is 2. The van der Waals surface area contributed by atoms with Gasteiger partial charge in [-0.15, -0.1) is 0 Å². The third-order valence-corrected chi connectivity index (χ3v) is 4.76. The molecule has 0 aliphatic carbocycles. The Morgan fingerprint density at radius 1 is 1.41 bits per heavy atom. The van der Waals surface area contributed by atoms with Crippen molar-refractivity contribution in [3.63, 3.8) is 0 Å². The van der Waals surface area contributed by atoms with Crippen molar-refractivity contribution in [1.82, 2.24) is 0 Å². The second-order valence-electron chi connectivity index (χ2n) is 5.54. The lowest BCUT2D eigenvalue weighted by molar-refractivity contribution is -0.686. The monoisotopic (exact) mass is 497 g/mol. The first-order valence-electron chi connectivity index (χ1n) is 6.95. The summed E-state index contributed by atoms with van der Waals surface area (Å²) < 4.78 is 8.93. The van der Waals surface area contributed by atoms with Gasteiger partial charge in [0.05, 0.1) is 15.4 Å². The van der Waals surface area contributed by atoms with E-state index in [2.05, 4.69) is 31.9 Å². The highest BCUT2D eigenvalue weighted by Gasteiger charge is 2.51. The minimum atomic E-state index is -1.01. The van der Waals surface area contributed by atoms with Crippen LogP contribution in [0.2, 0.25) is 0 Å². The van der Waals surface area contributed by atoms with Gasteiger partial charge in [-0.25, -0.2) is 0 Å². The van der Waals surface area contributed by atoms with E-state index in [1.54, 1.807) is 11.5 Å². The van der Waals surface area contributed by atoms with Gasteiger partial charge >= 0.3 is 5.97 Å². The van der Waals surface area contributed by atoms with Crippen molar-refractivity contribution in [3.05, 3.63) is 27.4 Å². The van der Waals surface area contributed by atoms with Gasteiger partial charge in [0.15, 0.2) is 18.0 Å². The van der Waals surface area contributed by atoms with Gasteiger partial charge in [-0.2, -0.15) is 4.57 Å². The Bertz CT molecular complexity index is 559. The summed E-state index contributed by atoms with van der Waals surface area (Å²) in [6, 6.07) is 1.90. The van der Waals surface area contributed by atoms with Gasteiger partial charge in [0.1, 0.15) is 0 Å². The second-order valence-corrected chi connectivity index (χ2v) is 7.37. The highest BCUT2D eigenvalue weighted by Crippen LogP contribution is 2.36. The molecule has 1 aliphatic rings. The van der Waals surface area contributed by atoms with E-state index < -0.39 is 5.60 Å². The lowest BCUT2D eigenvalue weighted by Gasteiger charge is -2.26. The fraction of sp³-hybridized carbons (Fsp3) is 0.533. The Labute approximate surface area is 157 Å². The first-order chi connectivity index (χ1) is 9.85. The third-order valence-electron chi connectivity index (χ3n) is 3.89. The van der Waals surface area contributed by atoms with Crippen molar-refractivity contribution in [3.8, 4) is 0 Å². The lowest BCUT2D eigenvalue weighted by atomic mass is 9.82. The van der Waals surface area contributed by atoms with Crippen LogP contribution >= 0.6 is 31.9 Å². The molecule has 122 valence electrons. The molecule has 7 heteroatoms. The normalized spacial score (nSPS) is 23.8. The zero-order chi connectivity index (χ0) is 15.6. The molecule has 0 spiro atoms. The van der Waals surface area contributed by atoms with Crippen molar-refractivity contribution in [2.24, 2.45) is 5.92 Å². The van der Waals surface area contributed by atoms with Crippen LogP contribution in [0.5, 0.6) is 0 Å². The Morgan fingerprint density at radius 3 is 2.55 bits per heavy atom. The molecule has 0 amide bonds. The Kier molecular flexibility index (Phi) is 7.20. The molecule has 2 rings (SSSR count). The number of pyridine rings is 1. The summed E-state index contributed by atoms with van der Waals surface area (Å²) >= 11 is 6.80. The maximum Gasteiger partial charge on any atom is 0.307 e. The van der Waals surface area contributed by atoms with Crippen molar-refractivity contribution in [1.29, 1.82) is 0 Å². The van der Waals surface area contributed by atoms with Crippen LogP contribution in [-0.4, -0.2) is 17.4 Å². The van der Waals surface area contributed by atoms with E-state index in [0.717, 1.165) is 21.8 Å². The SMILES string of the molecule is CCCC1CC(=O)OC1(C)C(=O)C[n+]1cc(Br)cc(Br)c1.[Br-]. The van der Waals surface area contributed by atoms with Crippen LogP contribution in [0.1, 0.15) is 33.1 Å². The van der Waals surface area contributed by atoms with Crippen LogP contribution < -0.4 is 21.5 Å². The summed E-state index contributed by atoms with van der Waals surface area (Å²) in [4.78, 5) is 24.3. The molecule has 1 aliphatic heterocycles. The van der Waals surface area contributed by atoms with E-state index in [-0.39, 0.29) is 41.2 Å². The van der Waals surface area contributed by atoms with Gasteiger partial charge in [0.2, 0.25) is 12.3 Å². The van der Waals surface area contributed by atoms with Gasteiger partial charge in [-0.3, -0.25) is 9.59 Å². The van der Waals surface area contributed by atoms with Gasteiger partial charge in [-0.05, 0) is 51.3 Å². The molecular weight excluding hydrogens is 482 g/mol. The summed E-state index contributed by atoms with van der Waals surface area (Å²) in [5, 5.41) is 0. The van der Waals surface area contributed by atoms with Crippen LogP contribution in [0.15, 0.2) is 27.4 Å². The summed E-state index contributed by atoms with van der Waals surface area (Å²) in [7, 11) is 0. The highest BCUT2D eigenvalue weighted by molar-refractivity contribution is 9.11. The largest absolute Gasteiger partial charge is 1.00 e. The maximum absolute atomic E-state index is 12.7. The molecule has 0 saturated carbocycles. The predicted molar refractivity (Wildman–Crippen MR) is 84.6 cm³/mol. The number of rotatable bonds is 5. The van der Waals surface area contributed by atoms with Crippen LogP contribution in [0.4, 0.5) is 0 Å². The number of ether oxygens (including phenoxy) is 1. The van der Waals surface area contributed by atoms with Crippen molar-refractivity contribution in [2.45, 2.75) is 45.3 Å². The van der Waals surface area contributed by atoms with E-state index in [0.29, 0.717) is 6.42 Å². The number of carbonyl (C=O) groups excluding carboxylic acids is 2. The first kappa shape index (κ1) is 19.8. The number of hydrogen-bond acceptors (Lipinski definition) is 3. The fourth-order valence-corrected chi connectivity index (χ4v) is 4.07. The Hall–Kier alpha value is -0.270. The molecule has 0 aromatic carbocycles. The van der Waals surface area contributed by atoms with E-state index in [4.69, 9.17) is 4.74 Å². The minimum Gasteiger partial charge on any atom is -1.00 e. The molecule has 2 heterocycles. The number of hydrogen-bond donors (Lipinski definition) is 0. The number of cyclic esters (lactones) is 1. The highest BCUT2D eigenvalue weighted by atomic mass is 79.9. The van der Waals surface area contributed by atoms with E-state index in [1.165, 1.54) is 0 Å². The molecule has 1 aromatic rings. The number of Topliss-reactive ketones (excluding diaryl/α,β-unsaturated/α-hetero) is 1. The predicted octanol–water partition coefficient (Wildman–Crippen LogP) is 0.194. The molecule has 2 unspecified atom stereocenters. The fourth-order valence-electron chi connectivity index (χ4n) is 2.74. The van der Waals surface area contributed by atoms with Crippen molar-refractivity contribution >= 4 is 43.6 Å². The summed E-state index contributed by atoms with van der Waals surface area (Å²) in [6.07, 6.45) is 5.75. The number of aromatic nitrogens is 1. The van der Waals surface area contributed by atoms with E-state index in [1.807, 2.05) is 25.4 Å². The zero-order valence-corrected chi connectivity index (χ0v) is 17.2. The third kappa shape index (κ3) is 4.38. The number of ketones is 1. The van der Waals surface area contributed by atoms with Crippen LogP contribution in [0.3, 0.4) is 0 Å². The van der Waals surface area contributed by atoms with E-state index in [9.17, 15) is 9.59 Å². The average molecular weight is 500 g/mol. The number of esters is 1. The molecule has 1 fully saturated rings. The second kappa shape index (κ2) is 8.02. The molecule has 22 heavy (non-hydrogen) atoms. The smallest absolute Gasteiger partial charge is 0.307 e. The van der Waals surface area contributed by atoms with Crippen LogP contribution in [0.25, 0.3) is 0 Å². The molecule has 1 aromatic heterocycles. The average Bonchev–Trinajstić information content (AvgIpc) is 2.64. The molecule has 1 saturated heterocycles. The molecule has 4 nitrogen and oxygen atoms in total. The van der Waals surface area contributed by atoms with Crippen LogP contribution in [0, 0.1) is 5.92 Å². The standard InChI is InChI=1S/C15H18Br2NO3.BrH/c1-3-4-10-5-14(20)21-15(10,2)13(19)9-18-7-11(16)6-12(17)8-18;/h6-8,10H,3-5,9H2,1-2H3;1H/q+1;/p-1. The van der Waals surface area contributed by atoms with E-state index >= 15 is 0 Å². The summed E-state index contributed by atoms with van der Waals surface area (Å²) in [6.45, 7) is 3.98. The quantitative estimate of drug-likeness (QED) is 0.429. The molecular formula is C15H18Br3NO3. The van der Waals surface area contributed by atoms with Gasteiger partial charge in [0, 0.05) is 5.92 Å². The van der Waals surface area contributed by atoms with Crippen molar-refractivity contribution < 1.29 is 35.9 Å². The minimum absolute atomic E-state index is 0. The Balaban J connectivity index is 0.00000242. The zero-order valence-electron chi connectivity index (χ0n) is 12.4. The van der Waals surface area contributed by atoms with Gasteiger partial charge < -0.3 is 21.7 Å². The lowest BCUT2D eigenvalue weighted by Crippen LogP contribution is -3.00. The van der Waals surface area contributed by atoms with Crippen molar-refractivity contribution in [2.75, 3.05) is 0 Å². The topological polar surface area (TPSA) is 47.3 Å². The molecule has 0 radical (unpaired) electrons. The molecule has 0 N–H and O–H groups in total. The van der Waals surface area contributed by atoms with Crippen LogP contribution in [-0.2, 0) is 20.9 Å². The van der Waals surface area contributed by atoms with Gasteiger partial charge in [0.25, 0.3) is 0 Å². The molecule has 0 bridgehead atoms. The number of halogens is 3. The van der Waals surface area contributed by atoms with Gasteiger partial charge in [-0.1, -0.05) is 13.3 Å². The number of nitrogens with zero attached hydrogens (tertiary/aromatic N) is 1. The summed E-state index contributed by atoms with van der Waals surface area (Å²) in [5.41, 5.74) is -1.01.